The first kappa shape index (κ1) is 28.4. The first-order valence-electron chi connectivity index (χ1n) is 12.5. The number of fused-ring (bicyclic) bond motifs is 1. The summed E-state index contributed by atoms with van der Waals surface area (Å²) in [6, 6.07) is 16.8. The van der Waals surface area contributed by atoms with Gasteiger partial charge in [0.2, 0.25) is 10.0 Å². The summed E-state index contributed by atoms with van der Waals surface area (Å²) in [6.07, 6.45) is 2.54. The number of furan rings is 1. The summed E-state index contributed by atoms with van der Waals surface area (Å²) in [6.45, 7) is 0. The lowest BCUT2D eigenvalue weighted by atomic mass is 9.99. The third-order valence-electron chi connectivity index (χ3n) is 6.82. The molecule has 0 saturated heterocycles. The van der Waals surface area contributed by atoms with Crippen molar-refractivity contribution in [3.8, 4) is 22.5 Å². The van der Waals surface area contributed by atoms with E-state index in [-0.39, 0.29) is 33.9 Å². The maximum atomic E-state index is 13.7. The van der Waals surface area contributed by atoms with E-state index in [1.807, 2.05) is 0 Å². The predicted molar refractivity (Wildman–Crippen MR) is 156 cm³/mol. The quantitative estimate of drug-likeness (QED) is 0.191. The van der Waals surface area contributed by atoms with Crippen molar-refractivity contribution in [3.05, 3.63) is 107 Å². The fourth-order valence-electron chi connectivity index (χ4n) is 4.55. The molecule has 2 aromatic heterocycles. The molecule has 0 bridgehead atoms. The molecule has 0 aliphatic rings. The van der Waals surface area contributed by atoms with Crippen LogP contribution in [0.3, 0.4) is 0 Å². The van der Waals surface area contributed by atoms with Crippen molar-refractivity contribution >= 4 is 38.4 Å². The van der Waals surface area contributed by atoms with Gasteiger partial charge in [-0.25, -0.2) is 17.2 Å². The van der Waals surface area contributed by atoms with Gasteiger partial charge in [0.25, 0.3) is 5.91 Å². The van der Waals surface area contributed by atoms with E-state index in [4.69, 9.17) is 15.2 Å². The molecular weight excluding hydrogens is 564 g/mol. The van der Waals surface area contributed by atoms with E-state index >= 15 is 0 Å². The number of carbonyl (C=O) groups excluding carboxylic acids is 1. The summed E-state index contributed by atoms with van der Waals surface area (Å²) in [4.78, 5) is 13.1. The number of rotatable bonds is 6. The van der Waals surface area contributed by atoms with Crippen LogP contribution < -0.4 is 15.1 Å². The molecule has 42 heavy (non-hydrogen) atoms. The molecule has 0 unspecified atom stereocenters. The maximum Gasteiger partial charge on any atom is 0.255 e. The van der Waals surface area contributed by atoms with Crippen molar-refractivity contribution in [1.82, 2.24) is 9.88 Å². The number of amides is 1. The third-order valence-corrected chi connectivity index (χ3v) is 8.01. The largest absolute Gasteiger partial charge is 0.455 e. The Balaban J connectivity index is 1.79. The molecule has 214 valence electrons. The van der Waals surface area contributed by atoms with Gasteiger partial charge in [-0.2, -0.15) is 0 Å². The van der Waals surface area contributed by atoms with Gasteiger partial charge < -0.3 is 9.73 Å². The topological polar surface area (TPSA) is 132 Å². The number of hydrogen-bond donors (Lipinski definition) is 3. The standard InChI is InChI=1S/C30H25F2N5O4S/c1-35-30(38)27-23-14-22(19-8-13-26(33)37(16-19)29(34)18-6-11-21(32)12-7-18)24(36(2)42(3,39)40)15-25(23)41-28(27)17-4-9-20(31)10-5-17/h4-16,33-34H,1-3H3,(H,35,38). The number of hydrogen-bond acceptors (Lipinski definition) is 6. The van der Waals surface area contributed by atoms with Crippen LogP contribution in [0.5, 0.6) is 0 Å². The van der Waals surface area contributed by atoms with Gasteiger partial charge in [-0.05, 0) is 66.7 Å². The molecule has 1 amide bonds. The van der Waals surface area contributed by atoms with Crippen molar-refractivity contribution in [2.45, 2.75) is 0 Å². The zero-order valence-electron chi connectivity index (χ0n) is 22.7. The number of pyridine rings is 1. The van der Waals surface area contributed by atoms with Gasteiger partial charge in [-0.3, -0.25) is 24.5 Å². The Morgan fingerprint density at radius 3 is 2.14 bits per heavy atom. The lowest BCUT2D eigenvalue weighted by Crippen LogP contribution is -2.27. The SMILES string of the molecule is CNC(=O)c1c(-c2ccc(F)cc2)oc2cc(N(C)S(C)(=O)=O)c(-c3ccc(=N)n(C(=N)c4ccc(F)cc4)c3)cc12. The van der Waals surface area contributed by atoms with Crippen molar-refractivity contribution in [2.75, 3.05) is 24.7 Å². The van der Waals surface area contributed by atoms with Crippen LogP contribution in [0.1, 0.15) is 15.9 Å². The number of anilines is 1. The molecule has 2 heterocycles. The summed E-state index contributed by atoms with van der Waals surface area (Å²) in [5, 5.41) is 20.0. The number of carbonyl (C=O) groups is 1. The normalized spacial score (nSPS) is 11.5. The number of benzene rings is 3. The highest BCUT2D eigenvalue weighted by Crippen LogP contribution is 2.41. The fraction of sp³-hybridized carbons (Fsp3) is 0.100. The predicted octanol–water partition coefficient (Wildman–Crippen LogP) is 4.96. The van der Waals surface area contributed by atoms with Crippen molar-refractivity contribution in [3.63, 3.8) is 0 Å². The van der Waals surface area contributed by atoms with E-state index < -0.39 is 27.6 Å². The van der Waals surface area contributed by atoms with Gasteiger partial charge in [0.1, 0.15) is 34.3 Å². The van der Waals surface area contributed by atoms with Crippen LogP contribution in [0.2, 0.25) is 0 Å². The van der Waals surface area contributed by atoms with Gasteiger partial charge >= 0.3 is 0 Å². The zero-order valence-corrected chi connectivity index (χ0v) is 23.5. The zero-order chi connectivity index (χ0) is 30.3. The maximum absolute atomic E-state index is 13.7. The Morgan fingerprint density at radius 1 is 0.952 bits per heavy atom. The van der Waals surface area contributed by atoms with E-state index in [9.17, 15) is 22.0 Å². The van der Waals surface area contributed by atoms with Crippen LogP contribution in [-0.2, 0) is 10.0 Å². The summed E-state index contributed by atoms with van der Waals surface area (Å²) in [7, 11) is -0.939. The molecule has 0 aliphatic heterocycles. The molecule has 0 saturated carbocycles. The van der Waals surface area contributed by atoms with Crippen LogP contribution in [0, 0.1) is 22.5 Å². The molecule has 0 radical (unpaired) electrons. The molecular formula is C30H25F2N5O4S. The summed E-state index contributed by atoms with van der Waals surface area (Å²) in [5.74, 6) is -1.34. The molecule has 0 aliphatic carbocycles. The minimum Gasteiger partial charge on any atom is -0.455 e. The van der Waals surface area contributed by atoms with Gasteiger partial charge in [-0.15, -0.1) is 0 Å². The number of halogens is 2. The lowest BCUT2D eigenvalue weighted by Gasteiger charge is -2.21. The molecule has 3 aromatic carbocycles. The van der Waals surface area contributed by atoms with Gasteiger partial charge in [0.05, 0.1) is 17.5 Å². The Morgan fingerprint density at radius 2 is 1.55 bits per heavy atom. The number of sulfonamides is 1. The van der Waals surface area contributed by atoms with Gasteiger partial charge in [0, 0.05) is 54.0 Å². The van der Waals surface area contributed by atoms with Crippen LogP contribution in [-0.4, -0.2) is 45.1 Å². The highest BCUT2D eigenvalue weighted by molar-refractivity contribution is 7.92. The van der Waals surface area contributed by atoms with E-state index in [2.05, 4.69) is 5.32 Å². The first-order chi connectivity index (χ1) is 19.9. The van der Waals surface area contributed by atoms with E-state index in [0.29, 0.717) is 27.6 Å². The second-order valence-corrected chi connectivity index (χ2v) is 11.5. The van der Waals surface area contributed by atoms with Crippen molar-refractivity contribution in [1.29, 1.82) is 10.8 Å². The molecule has 0 spiro atoms. The molecule has 12 heteroatoms. The minimum atomic E-state index is -3.77. The second kappa shape index (κ2) is 10.7. The number of nitrogens with one attached hydrogen (secondary N) is 3. The van der Waals surface area contributed by atoms with Gasteiger partial charge in [0.15, 0.2) is 0 Å². The average Bonchev–Trinajstić information content (AvgIpc) is 3.34. The number of nitrogens with zero attached hydrogens (tertiary/aromatic N) is 2. The molecule has 0 fully saturated rings. The lowest BCUT2D eigenvalue weighted by molar-refractivity contribution is 0.0964. The first-order valence-corrected chi connectivity index (χ1v) is 14.4. The monoisotopic (exact) mass is 589 g/mol. The minimum absolute atomic E-state index is 0.0415. The van der Waals surface area contributed by atoms with E-state index in [1.54, 1.807) is 12.1 Å². The van der Waals surface area contributed by atoms with Gasteiger partial charge in [-0.1, -0.05) is 0 Å². The van der Waals surface area contributed by atoms with Crippen molar-refractivity contribution < 1.29 is 26.4 Å². The van der Waals surface area contributed by atoms with Crippen LogP contribution in [0.15, 0.2) is 83.4 Å². The summed E-state index contributed by atoms with van der Waals surface area (Å²) in [5.41, 5.74) is 2.15. The highest BCUT2D eigenvalue weighted by Gasteiger charge is 2.26. The summed E-state index contributed by atoms with van der Waals surface area (Å²) < 4.78 is 60.9. The Labute approximate surface area is 239 Å². The molecule has 5 aromatic rings. The highest BCUT2D eigenvalue weighted by atomic mass is 32.2. The van der Waals surface area contributed by atoms with Crippen molar-refractivity contribution in [2.24, 2.45) is 0 Å². The Bertz CT molecular complexity index is 2030. The molecule has 3 N–H and O–H groups in total. The molecule has 5 rings (SSSR count). The average molecular weight is 590 g/mol. The van der Waals surface area contributed by atoms with E-state index in [0.717, 1.165) is 10.6 Å². The molecule has 0 atom stereocenters. The van der Waals surface area contributed by atoms with E-state index in [1.165, 1.54) is 85.5 Å². The van der Waals surface area contributed by atoms with Crippen LogP contribution in [0.25, 0.3) is 33.4 Å². The van der Waals surface area contributed by atoms with Crippen LogP contribution >= 0.6 is 0 Å². The fourth-order valence-corrected chi connectivity index (χ4v) is 5.06. The Kier molecular flexibility index (Phi) is 7.25. The smallest absolute Gasteiger partial charge is 0.255 e. The number of aromatic nitrogens is 1. The van der Waals surface area contributed by atoms with Crippen LogP contribution in [0.4, 0.5) is 14.5 Å². The second-order valence-electron chi connectivity index (χ2n) is 9.52. The third kappa shape index (κ3) is 5.19. The summed E-state index contributed by atoms with van der Waals surface area (Å²) >= 11 is 0. The molecule has 9 nitrogen and oxygen atoms in total. The Hall–Kier alpha value is -5.10.